The van der Waals surface area contributed by atoms with E-state index in [1.807, 2.05) is 18.7 Å². The molecule has 2 rings (SSSR count). The van der Waals surface area contributed by atoms with E-state index in [0.29, 0.717) is 11.3 Å². The predicted molar refractivity (Wildman–Crippen MR) is 74.8 cm³/mol. The molecule has 0 spiro atoms. The summed E-state index contributed by atoms with van der Waals surface area (Å²) >= 11 is 3.46. The van der Waals surface area contributed by atoms with Crippen molar-refractivity contribution in [1.29, 1.82) is 0 Å². The van der Waals surface area contributed by atoms with Crippen LogP contribution in [0.15, 0.2) is 4.34 Å². The van der Waals surface area contributed by atoms with Crippen molar-refractivity contribution in [2.45, 2.75) is 55.7 Å². The molecule has 1 aliphatic carbocycles. The summed E-state index contributed by atoms with van der Waals surface area (Å²) in [5, 5.41) is 4.28. The number of aromatic nitrogens is 2. The summed E-state index contributed by atoms with van der Waals surface area (Å²) in [4.78, 5) is 4.47. The molecule has 1 aromatic heterocycles. The Kier molecular flexibility index (Phi) is 4.82. The SMILES string of the molecule is CCNC1CCC(C)CC1Sc1nc(C)ns1. The summed E-state index contributed by atoms with van der Waals surface area (Å²) in [5.74, 6) is 1.75. The second-order valence-corrected chi connectivity index (χ2v) is 7.08. The monoisotopic (exact) mass is 271 g/mol. The van der Waals surface area contributed by atoms with Crippen molar-refractivity contribution < 1.29 is 0 Å². The summed E-state index contributed by atoms with van der Waals surface area (Å²) in [7, 11) is 0. The van der Waals surface area contributed by atoms with Crippen molar-refractivity contribution >= 4 is 23.3 Å². The molecule has 1 heterocycles. The van der Waals surface area contributed by atoms with Crippen molar-refractivity contribution in [3.63, 3.8) is 0 Å². The lowest BCUT2D eigenvalue weighted by atomic mass is 9.87. The van der Waals surface area contributed by atoms with Gasteiger partial charge in [0.15, 0.2) is 4.34 Å². The lowest BCUT2D eigenvalue weighted by molar-refractivity contribution is 0.320. The third kappa shape index (κ3) is 3.66. The summed E-state index contributed by atoms with van der Waals surface area (Å²) < 4.78 is 5.39. The van der Waals surface area contributed by atoms with E-state index in [9.17, 15) is 0 Å². The van der Waals surface area contributed by atoms with Crippen LogP contribution in [-0.4, -0.2) is 27.2 Å². The minimum atomic E-state index is 0.644. The van der Waals surface area contributed by atoms with Gasteiger partial charge in [0, 0.05) is 11.3 Å². The van der Waals surface area contributed by atoms with Crippen LogP contribution in [0.4, 0.5) is 0 Å². The third-order valence-corrected chi connectivity index (χ3v) is 5.51. The van der Waals surface area contributed by atoms with Crippen LogP contribution in [0.1, 0.15) is 38.9 Å². The Morgan fingerprint density at radius 2 is 2.29 bits per heavy atom. The standard InChI is InChI=1S/C12H21N3S2/c1-4-13-10-6-5-8(2)7-11(10)16-12-14-9(3)15-17-12/h8,10-11,13H,4-7H2,1-3H3. The van der Waals surface area contributed by atoms with Crippen molar-refractivity contribution in [1.82, 2.24) is 14.7 Å². The lowest BCUT2D eigenvalue weighted by Crippen LogP contribution is -2.42. The lowest BCUT2D eigenvalue weighted by Gasteiger charge is -2.34. The number of hydrogen-bond donors (Lipinski definition) is 1. The maximum absolute atomic E-state index is 4.47. The highest BCUT2D eigenvalue weighted by atomic mass is 32.2. The zero-order valence-electron chi connectivity index (χ0n) is 10.8. The molecule has 3 nitrogen and oxygen atoms in total. The average Bonchev–Trinajstić information content (AvgIpc) is 2.68. The van der Waals surface area contributed by atoms with Crippen LogP contribution in [0.2, 0.25) is 0 Å². The van der Waals surface area contributed by atoms with Gasteiger partial charge in [-0.2, -0.15) is 4.37 Å². The first-order valence-corrected chi connectivity index (χ1v) is 8.04. The fourth-order valence-electron chi connectivity index (χ4n) is 2.41. The van der Waals surface area contributed by atoms with Crippen LogP contribution in [0.25, 0.3) is 0 Å². The molecule has 0 saturated heterocycles. The Balaban J connectivity index is 1.99. The number of nitrogens with one attached hydrogen (secondary N) is 1. The van der Waals surface area contributed by atoms with Crippen LogP contribution in [-0.2, 0) is 0 Å². The van der Waals surface area contributed by atoms with Gasteiger partial charge in [-0.25, -0.2) is 4.98 Å². The first kappa shape index (κ1) is 13.3. The number of aryl methyl sites for hydroxylation is 1. The highest BCUT2D eigenvalue weighted by Crippen LogP contribution is 2.36. The van der Waals surface area contributed by atoms with Crippen molar-refractivity contribution in [2.24, 2.45) is 5.92 Å². The highest BCUT2D eigenvalue weighted by Gasteiger charge is 2.29. The van der Waals surface area contributed by atoms with Crippen molar-refractivity contribution in [3.8, 4) is 0 Å². The van der Waals surface area contributed by atoms with E-state index < -0.39 is 0 Å². The van der Waals surface area contributed by atoms with Gasteiger partial charge < -0.3 is 5.32 Å². The maximum Gasteiger partial charge on any atom is 0.170 e. The van der Waals surface area contributed by atoms with E-state index in [2.05, 4.69) is 28.5 Å². The van der Waals surface area contributed by atoms with E-state index >= 15 is 0 Å². The number of rotatable bonds is 4. The molecule has 17 heavy (non-hydrogen) atoms. The molecule has 1 aliphatic rings. The summed E-state index contributed by atoms with van der Waals surface area (Å²) in [6.45, 7) is 7.58. The zero-order chi connectivity index (χ0) is 12.3. The fourth-order valence-corrected chi connectivity index (χ4v) is 4.75. The van der Waals surface area contributed by atoms with Gasteiger partial charge in [0.1, 0.15) is 5.82 Å². The Morgan fingerprint density at radius 3 is 2.94 bits per heavy atom. The van der Waals surface area contributed by atoms with Gasteiger partial charge in [0.25, 0.3) is 0 Å². The Hall–Kier alpha value is -0.130. The van der Waals surface area contributed by atoms with Crippen LogP contribution < -0.4 is 5.32 Å². The van der Waals surface area contributed by atoms with Gasteiger partial charge in [-0.3, -0.25) is 0 Å². The van der Waals surface area contributed by atoms with E-state index in [4.69, 9.17) is 0 Å². The van der Waals surface area contributed by atoms with Crippen LogP contribution in [0.3, 0.4) is 0 Å². The molecule has 1 fully saturated rings. The first-order chi connectivity index (χ1) is 8.19. The summed E-state index contributed by atoms with van der Waals surface area (Å²) in [6, 6.07) is 0.644. The average molecular weight is 271 g/mol. The molecular weight excluding hydrogens is 250 g/mol. The van der Waals surface area contributed by atoms with Gasteiger partial charge in [0.2, 0.25) is 0 Å². The van der Waals surface area contributed by atoms with E-state index in [1.165, 1.54) is 30.8 Å². The second-order valence-electron chi connectivity index (χ2n) is 4.85. The highest BCUT2D eigenvalue weighted by molar-refractivity contribution is 8.01. The van der Waals surface area contributed by atoms with Crippen LogP contribution >= 0.6 is 23.3 Å². The first-order valence-electron chi connectivity index (χ1n) is 6.39. The minimum Gasteiger partial charge on any atom is -0.313 e. The van der Waals surface area contributed by atoms with Gasteiger partial charge in [0.05, 0.1) is 0 Å². The molecule has 1 N–H and O–H groups in total. The van der Waals surface area contributed by atoms with Crippen molar-refractivity contribution in [3.05, 3.63) is 5.82 Å². The molecule has 0 radical (unpaired) electrons. The zero-order valence-corrected chi connectivity index (χ0v) is 12.4. The molecule has 0 amide bonds. The van der Waals surface area contributed by atoms with E-state index in [0.717, 1.165) is 22.6 Å². The van der Waals surface area contributed by atoms with Gasteiger partial charge >= 0.3 is 0 Å². The molecule has 1 aromatic rings. The van der Waals surface area contributed by atoms with Crippen LogP contribution in [0.5, 0.6) is 0 Å². The van der Waals surface area contributed by atoms with Gasteiger partial charge in [-0.05, 0) is 50.2 Å². The second kappa shape index (κ2) is 6.16. The molecule has 0 aromatic carbocycles. The Morgan fingerprint density at radius 1 is 1.47 bits per heavy atom. The molecule has 5 heteroatoms. The maximum atomic E-state index is 4.47. The van der Waals surface area contributed by atoms with Gasteiger partial charge in [-0.1, -0.05) is 25.6 Å². The quantitative estimate of drug-likeness (QED) is 0.913. The molecule has 0 aliphatic heterocycles. The molecule has 0 bridgehead atoms. The largest absolute Gasteiger partial charge is 0.313 e. The molecule has 96 valence electrons. The molecular formula is C12H21N3S2. The van der Waals surface area contributed by atoms with Crippen molar-refractivity contribution in [2.75, 3.05) is 6.54 Å². The topological polar surface area (TPSA) is 37.8 Å². The van der Waals surface area contributed by atoms with Crippen LogP contribution in [0, 0.1) is 12.8 Å². The molecule has 1 saturated carbocycles. The fraction of sp³-hybridized carbons (Fsp3) is 0.833. The Labute approximate surface area is 112 Å². The number of hydrogen-bond acceptors (Lipinski definition) is 5. The predicted octanol–water partition coefficient (Wildman–Crippen LogP) is 3.11. The molecule has 3 atom stereocenters. The summed E-state index contributed by atoms with van der Waals surface area (Å²) in [6.07, 6.45) is 3.94. The van der Waals surface area contributed by atoms with E-state index in [-0.39, 0.29) is 0 Å². The number of thioether (sulfide) groups is 1. The number of nitrogens with zero attached hydrogens (tertiary/aromatic N) is 2. The smallest absolute Gasteiger partial charge is 0.170 e. The Bertz CT molecular complexity index is 353. The summed E-state index contributed by atoms with van der Waals surface area (Å²) in [5.41, 5.74) is 0. The normalized spacial score (nSPS) is 29.5. The third-order valence-electron chi connectivity index (χ3n) is 3.28. The molecule has 3 unspecified atom stereocenters. The minimum absolute atomic E-state index is 0.644. The van der Waals surface area contributed by atoms with E-state index in [1.54, 1.807) is 0 Å². The van der Waals surface area contributed by atoms with Gasteiger partial charge in [-0.15, -0.1) is 0 Å².